The summed E-state index contributed by atoms with van der Waals surface area (Å²) in [5.41, 5.74) is 0.922. The van der Waals surface area contributed by atoms with Gasteiger partial charge >= 0.3 is 12.2 Å². The Hall–Kier alpha value is -5.83. The third-order valence-corrected chi connectivity index (χ3v) is 10.3. The number of methoxy groups -OCH3 is 1. The molecule has 0 spiro atoms. The highest BCUT2D eigenvalue weighted by Gasteiger charge is 2.47. The summed E-state index contributed by atoms with van der Waals surface area (Å²) in [7, 11) is 3.63. The maximum Gasteiger partial charge on any atom is 0.416 e. The summed E-state index contributed by atoms with van der Waals surface area (Å²) in [6, 6.07) is 19.7. The molecule has 3 aliphatic rings. The Balaban J connectivity index is 1.01. The summed E-state index contributed by atoms with van der Waals surface area (Å²) in [5.74, 6) is 2.26. The first kappa shape index (κ1) is 38.4. The average Bonchev–Trinajstić information content (AvgIpc) is 3.51. The molecule has 4 aromatic rings. The number of aromatic nitrogens is 2. The van der Waals surface area contributed by atoms with Crippen LogP contribution in [0.3, 0.4) is 0 Å². The summed E-state index contributed by atoms with van der Waals surface area (Å²) in [4.78, 5) is 61.9. The van der Waals surface area contributed by atoms with Crippen LogP contribution in [-0.4, -0.2) is 96.8 Å². The van der Waals surface area contributed by atoms with Crippen molar-refractivity contribution in [1.82, 2.24) is 19.8 Å². The van der Waals surface area contributed by atoms with Crippen molar-refractivity contribution in [2.24, 2.45) is 0 Å². The molecule has 3 amide bonds. The van der Waals surface area contributed by atoms with Crippen LogP contribution < -0.4 is 34.9 Å². The Bertz CT molecular complexity index is 2150. The molecule has 0 bridgehead atoms. The number of hydrogen-bond acceptors (Lipinski definition) is 11. The van der Waals surface area contributed by atoms with Gasteiger partial charge in [-0.25, -0.2) is 14.6 Å². The first-order chi connectivity index (χ1) is 26.9. The van der Waals surface area contributed by atoms with E-state index in [-0.39, 0.29) is 56.0 Å². The fraction of sp³-hybridized carbons (Fsp3) is 0.439. The molecule has 3 atom stereocenters. The molecule has 15 nitrogen and oxygen atoms in total. The molecule has 1 unspecified atom stereocenters. The monoisotopic (exact) mass is 768 g/mol. The molecule has 296 valence electrons. The first-order valence-electron chi connectivity index (χ1n) is 18.9. The number of ether oxygens (including phenoxy) is 5. The van der Waals surface area contributed by atoms with Crippen molar-refractivity contribution < 1.29 is 38.1 Å². The minimum atomic E-state index is -0.591. The van der Waals surface area contributed by atoms with Crippen molar-refractivity contribution in [3.8, 4) is 17.2 Å². The maximum atomic E-state index is 13.4. The van der Waals surface area contributed by atoms with Gasteiger partial charge < -0.3 is 38.5 Å². The van der Waals surface area contributed by atoms with Crippen LogP contribution in [0.15, 0.2) is 71.5 Å². The number of hydrogen-bond donors (Lipinski definition) is 1. The number of anilines is 2. The van der Waals surface area contributed by atoms with E-state index in [2.05, 4.69) is 10.2 Å². The normalized spacial score (nSPS) is 19.3. The molecule has 2 aromatic carbocycles. The van der Waals surface area contributed by atoms with E-state index in [0.717, 1.165) is 22.9 Å². The van der Waals surface area contributed by atoms with Crippen molar-refractivity contribution in [2.45, 2.75) is 76.9 Å². The predicted molar refractivity (Wildman–Crippen MR) is 209 cm³/mol. The summed E-state index contributed by atoms with van der Waals surface area (Å²) in [6.07, 6.45) is 0.848. The van der Waals surface area contributed by atoms with E-state index >= 15 is 0 Å². The third-order valence-electron chi connectivity index (χ3n) is 10.3. The van der Waals surface area contributed by atoms with Gasteiger partial charge in [-0.2, -0.15) is 0 Å². The molecule has 2 fully saturated rings. The van der Waals surface area contributed by atoms with E-state index in [1.165, 1.54) is 0 Å². The number of rotatable bonds is 12. The van der Waals surface area contributed by atoms with Gasteiger partial charge in [0.25, 0.3) is 11.5 Å². The molecule has 4 heterocycles. The largest absolute Gasteiger partial charge is 0.497 e. The van der Waals surface area contributed by atoms with Gasteiger partial charge in [0.05, 0.1) is 31.8 Å². The number of alkyl carbamates (subject to hydrolysis) is 1. The zero-order valence-corrected chi connectivity index (χ0v) is 32.4. The van der Waals surface area contributed by atoms with Gasteiger partial charge in [-0.1, -0.05) is 12.1 Å². The van der Waals surface area contributed by atoms with Crippen molar-refractivity contribution in [3.05, 3.63) is 82.6 Å². The Labute approximate surface area is 325 Å². The molecule has 1 saturated heterocycles. The second-order valence-electron chi connectivity index (χ2n) is 15.2. The van der Waals surface area contributed by atoms with E-state index in [0.29, 0.717) is 54.8 Å². The Morgan fingerprint density at radius 1 is 1.00 bits per heavy atom. The predicted octanol–water partition coefficient (Wildman–Crippen LogP) is 5.11. The standard InChI is InChI=1S/C41H48N6O9/c1-41(2,3)56-39(50)42-18-21-53-30-13-8-27-9-17-36(48)45(31(27)23-30)20-19-44(4)28-10-14-33-32(22-28)47(40(51)55-33)35-16-15-34-38(43-35)46(37(49)25-54-34)24-26-6-11-29(52-5)12-7-26/h6-9,11-13,15-17,23,28,32-33H,10,14,18-22,24-25H2,1-5H3,(H,42,50)/t28?,32-,33-/m1/s1. The summed E-state index contributed by atoms with van der Waals surface area (Å²) in [5, 5.41) is 3.58. The number of fused-ring (bicyclic) bond motifs is 3. The van der Waals surface area contributed by atoms with E-state index in [1.54, 1.807) is 66.5 Å². The zero-order valence-electron chi connectivity index (χ0n) is 32.4. The number of likely N-dealkylation sites (N-methyl/N-ethyl adjacent to an activating group) is 1. The topological polar surface area (TPSA) is 154 Å². The van der Waals surface area contributed by atoms with E-state index < -0.39 is 17.8 Å². The second-order valence-corrected chi connectivity index (χ2v) is 15.2. The van der Waals surface area contributed by atoms with Crippen molar-refractivity contribution in [1.29, 1.82) is 0 Å². The highest BCUT2D eigenvalue weighted by molar-refractivity contribution is 5.97. The highest BCUT2D eigenvalue weighted by Crippen LogP contribution is 2.39. The minimum Gasteiger partial charge on any atom is -0.497 e. The average molecular weight is 769 g/mol. The quantitative estimate of drug-likeness (QED) is 0.191. The first-order valence-corrected chi connectivity index (χ1v) is 18.9. The fourth-order valence-electron chi connectivity index (χ4n) is 7.43. The lowest BCUT2D eigenvalue weighted by Gasteiger charge is -2.38. The maximum absolute atomic E-state index is 13.4. The summed E-state index contributed by atoms with van der Waals surface area (Å²) < 4.78 is 29.8. The van der Waals surface area contributed by atoms with Gasteiger partial charge in [0.15, 0.2) is 18.2 Å². The van der Waals surface area contributed by atoms with Crippen LogP contribution in [0.4, 0.5) is 21.2 Å². The Kier molecular flexibility index (Phi) is 11.1. The number of nitrogens with one attached hydrogen (secondary N) is 1. The van der Waals surface area contributed by atoms with Crippen LogP contribution in [0, 0.1) is 0 Å². The molecule has 1 N–H and O–H groups in total. The molecule has 0 radical (unpaired) electrons. The molecular formula is C41H48N6O9. The van der Waals surface area contributed by atoms with Crippen LogP contribution in [0.2, 0.25) is 0 Å². The third kappa shape index (κ3) is 8.52. The molecule has 2 aromatic heterocycles. The summed E-state index contributed by atoms with van der Waals surface area (Å²) in [6.45, 7) is 7.08. The minimum absolute atomic E-state index is 0.101. The second kappa shape index (κ2) is 16.1. The fourth-order valence-corrected chi connectivity index (χ4v) is 7.43. The van der Waals surface area contributed by atoms with E-state index in [9.17, 15) is 19.2 Å². The van der Waals surface area contributed by atoms with Gasteiger partial charge in [-0.15, -0.1) is 0 Å². The number of carbonyl (C=O) groups excluding carboxylic acids is 3. The lowest BCUT2D eigenvalue weighted by molar-refractivity contribution is -0.121. The van der Waals surface area contributed by atoms with Gasteiger partial charge in [0, 0.05) is 31.3 Å². The lowest BCUT2D eigenvalue weighted by atomic mass is 9.87. The van der Waals surface area contributed by atoms with Crippen molar-refractivity contribution in [3.63, 3.8) is 0 Å². The number of pyridine rings is 2. The molecule has 56 heavy (non-hydrogen) atoms. The van der Waals surface area contributed by atoms with Gasteiger partial charge in [0.1, 0.15) is 35.6 Å². The Morgan fingerprint density at radius 2 is 1.77 bits per heavy atom. The van der Waals surface area contributed by atoms with Crippen LogP contribution in [0.5, 0.6) is 17.2 Å². The van der Waals surface area contributed by atoms with Gasteiger partial charge in [-0.05, 0) is 100 Å². The SMILES string of the molecule is COc1ccc(CN2C(=O)COc3ccc(N4C(=O)O[C@@H]5CCC(N(C)CCn6c(=O)ccc7ccc(OCCNC(=O)OC(C)(C)C)cc76)C[C@H]54)nc32)cc1. The van der Waals surface area contributed by atoms with Crippen molar-refractivity contribution >= 4 is 40.6 Å². The van der Waals surface area contributed by atoms with Gasteiger partial charge in [0.2, 0.25) is 0 Å². The molecular weight excluding hydrogens is 720 g/mol. The smallest absolute Gasteiger partial charge is 0.416 e. The molecule has 2 aliphatic heterocycles. The van der Waals surface area contributed by atoms with Crippen LogP contribution in [-0.2, 0) is 27.4 Å². The molecule has 1 saturated carbocycles. The molecule has 7 rings (SSSR count). The number of amides is 3. The van der Waals surface area contributed by atoms with Crippen LogP contribution >= 0.6 is 0 Å². The van der Waals surface area contributed by atoms with E-state index in [1.807, 2.05) is 49.5 Å². The lowest BCUT2D eigenvalue weighted by Crippen LogP contribution is -2.48. The molecule has 15 heteroatoms. The summed E-state index contributed by atoms with van der Waals surface area (Å²) >= 11 is 0. The zero-order chi connectivity index (χ0) is 39.6. The number of carbonyl (C=O) groups is 3. The Morgan fingerprint density at radius 3 is 2.54 bits per heavy atom. The van der Waals surface area contributed by atoms with Crippen LogP contribution in [0.25, 0.3) is 10.9 Å². The molecule has 1 aliphatic carbocycles. The highest BCUT2D eigenvalue weighted by atomic mass is 16.6. The van der Waals surface area contributed by atoms with Crippen molar-refractivity contribution in [2.75, 3.05) is 50.3 Å². The van der Waals surface area contributed by atoms with E-state index in [4.69, 9.17) is 28.7 Å². The van der Waals surface area contributed by atoms with Crippen LogP contribution in [0.1, 0.15) is 45.6 Å². The number of nitrogens with zero attached hydrogens (tertiary/aromatic N) is 5. The van der Waals surface area contributed by atoms with Gasteiger partial charge in [-0.3, -0.25) is 19.4 Å². The number of benzene rings is 2.